The molecule has 2 aromatic heterocycles. The van der Waals surface area contributed by atoms with E-state index in [0.717, 1.165) is 20.3 Å². The van der Waals surface area contributed by atoms with Crippen LogP contribution in [0.3, 0.4) is 0 Å². The van der Waals surface area contributed by atoms with Crippen molar-refractivity contribution in [3.05, 3.63) is 59.6 Å². The third kappa shape index (κ3) is 2.19. The minimum atomic E-state index is -0.443. The van der Waals surface area contributed by atoms with Crippen LogP contribution in [0.15, 0.2) is 48.8 Å². The maximum Gasteiger partial charge on any atom is 0.151 e. The summed E-state index contributed by atoms with van der Waals surface area (Å²) in [4.78, 5) is 8.68. The first kappa shape index (κ1) is 13.4. The molecule has 0 atom stereocenters. The van der Waals surface area contributed by atoms with Gasteiger partial charge < -0.3 is 5.32 Å². The molecule has 4 aromatic rings. The molecule has 0 aliphatic rings. The number of fused-ring (bicyclic) bond motifs is 3. The highest BCUT2D eigenvalue weighted by atomic mass is 35.5. The van der Waals surface area contributed by atoms with Crippen molar-refractivity contribution in [3.8, 4) is 0 Å². The van der Waals surface area contributed by atoms with Gasteiger partial charge in [0.15, 0.2) is 5.82 Å². The lowest BCUT2D eigenvalue weighted by molar-refractivity contribution is 0.628. The quantitative estimate of drug-likeness (QED) is 0.536. The number of rotatable bonds is 2. The lowest BCUT2D eigenvalue weighted by atomic mass is 10.2. The largest absolute Gasteiger partial charge is 0.339 e. The third-order valence-corrected chi connectivity index (χ3v) is 4.80. The molecule has 0 amide bonds. The molecule has 4 rings (SSSR count). The molecule has 108 valence electrons. The zero-order chi connectivity index (χ0) is 15.1. The summed E-state index contributed by atoms with van der Waals surface area (Å²) in [5, 5.41) is 4.36. The van der Waals surface area contributed by atoms with Crippen molar-refractivity contribution < 1.29 is 4.39 Å². The summed E-state index contributed by atoms with van der Waals surface area (Å²) >= 11 is 7.44. The summed E-state index contributed by atoms with van der Waals surface area (Å²) in [6.07, 6.45) is 1.52. The van der Waals surface area contributed by atoms with Crippen LogP contribution in [0.1, 0.15) is 0 Å². The number of halogens is 2. The Morgan fingerprint density at radius 3 is 2.82 bits per heavy atom. The van der Waals surface area contributed by atoms with Gasteiger partial charge in [-0.2, -0.15) is 0 Å². The summed E-state index contributed by atoms with van der Waals surface area (Å²) in [6, 6.07) is 12.6. The van der Waals surface area contributed by atoms with Gasteiger partial charge >= 0.3 is 0 Å². The molecule has 0 saturated carbocycles. The summed E-state index contributed by atoms with van der Waals surface area (Å²) in [7, 11) is 0. The average molecular weight is 330 g/mol. The summed E-state index contributed by atoms with van der Waals surface area (Å²) < 4.78 is 15.4. The van der Waals surface area contributed by atoms with Crippen molar-refractivity contribution in [2.45, 2.75) is 0 Å². The van der Waals surface area contributed by atoms with Gasteiger partial charge in [0, 0.05) is 15.8 Å². The van der Waals surface area contributed by atoms with Crippen LogP contribution in [0, 0.1) is 5.82 Å². The van der Waals surface area contributed by atoms with Gasteiger partial charge in [0.2, 0.25) is 0 Å². The average Bonchev–Trinajstić information content (AvgIpc) is 2.91. The highest BCUT2D eigenvalue weighted by molar-refractivity contribution is 7.26. The molecule has 0 saturated heterocycles. The predicted molar refractivity (Wildman–Crippen MR) is 89.6 cm³/mol. The topological polar surface area (TPSA) is 37.8 Å². The number of nitrogens with zero attached hydrogens (tertiary/aromatic N) is 2. The molecule has 1 N–H and O–H groups in total. The number of anilines is 2. The van der Waals surface area contributed by atoms with Crippen LogP contribution in [0.5, 0.6) is 0 Å². The Balaban J connectivity index is 1.86. The van der Waals surface area contributed by atoms with E-state index in [1.807, 2.05) is 18.2 Å². The van der Waals surface area contributed by atoms with E-state index in [-0.39, 0.29) is 5.02 Å². The number of benzene rings is 2. The van der Waals surface area contributed by atoms with Crippen molar-refractivity contribution >= 4 is 54.7 Å². The minimum absolute atomic E-state index is 0.0756. The molecule has 3 nitrogen and oxygen atoms in total. The Morgan fingerprint density at radius 1 is 1.09 bits per heavy atom. The van der Waals surface area contributed by atoms with Gasteiger partial charge in [-0.25, -0.2) is 14.4 Å². The zero-order valence-corrected chi connectivity index (χ0v) is 12.7. The van der Waals surface area contributed by atoms with Crippen LogP contribution < -0.4 is 5.32 Å². The smallest absolute Gasteiger partial charge is 0.151 e. The molecule has 2 heterocycles. The molecule has 0 spiro atoms. The minimum Gasteiger partial charge on any atom is -0.339 e. The van der Waals surface area contributed by atoms with Crippen molar-refractivity contribution in [1.82, 2.24) is 9.97 Å². The number of aromatic nitrogens is 2. The van der Waals surface area contributed by atoms with E-state index in [0.29, 0.717) is 11.5 Å². The second-order valence-corrected chi connectivity index (χ2v) is 6.21. The molecule has 0 radical (unpaired) electrons. The second-order valence-electron chi connectivity index (χ2n) is 4.75. The van der Waals surface area contributed by atoms with Gasteiger partial charge in [-0.15, -0.1) is 11.3 Å². The summed E-state index contributed by atoms with van der Waals surface area (Å²) in [5.41, 5.74) is 1.59. The van der Waals surface area contributed by atoms with Crippen molar-refractivity contribution in [3.63, 3.8) is 0 Å². The molecular formula is C16H9ClFN3S. The molecule has 0 unspecified atom stereocenters. The Morgan fingerprint density at radius 2 is 1.95 bits per heavy atom. The first-order chi connectivity index (χ1) is 10.7. The van der Waals surface area contributed by atoms with Gasteiger partial charge in [0.25, 0.3) is 0 Å². The van der Waals surface area contributed by atoms with Crippen LogP contribution in [0.4, 0.5) is 15.9 Å². The van der Waals surface area contributed by atoms with Crippen LogP contribution in [0.25, 0.3) is 20.3 Å². The van der Waals surface area contributed by atoms with E-state index in [4.69, 9.17) is 11.6 Å². The first-order valence-electron chi connectivity index (χ1n) is 6.57. The third-order valence-electron chi connectivity index (χ3n) is 3.34. The van der Waals surface area contributed by atoms with Gasteiger partial charge in [-0.1, -0.05) is 29.8 Å². The number of nitrogens with one attached hydrogen (secondary N) is 1. The fourth-order valence-corrected chi connectivity index (χ4v) is 3.60. The lowest BCUT2D eigenvalue weighted by Crippen LogP contribution is -1.94. The molecule has 0 aliphatic heterocycles. The summed E-state index contributed by atoms with van der Waals surface area (Å²) in [6.45, 7) is 0. The predicted octanol–water partition coefficient (Wildman–Crippen LogP) is 5.38. The van der Waals surface area contributed by atoms with Gasteiger partial charge in [-0.3, -0.25) is 0 Å². The van der Waals surface area contributed by atoms with Crippen molar-refractivity contribution in [2.75, 3.05) is 5.32 Å². The maximum absolute atomic E-state index is 13.2. The fraction of sp³-hybridized carbons (Fsp3) is 0. The molecule has 0 aliphatic carbocycles. The van der Waals surface area contributed by atoms with E-state index in [1.165, 1.54) is 18.5 Å². The van der Waals surface area contributed by atoms with E-state index >= 15 is 0 Å². The molecule has 6 heteroatoms. The van der Waals surface area contributed by atoms with E-state index < -0.39 is 5.82 Å². The van der Waals surface area contributed by atoms with Crippen LogP contribution in [-0.4, -0.2) is 9.97 Å². The van der Waals surface area contributed by atoms with E-state index in [1.54, 1.807) is 17.4 Å². The molecule has 2 aromatic carbocycles. The molecule has 0 bridgehead atoms. The van der Waals surface area contributed by atoms with Crippen LogP contribution in [0.2, 0.25) is 5.02 Å². The fourth-order valence-electron chi connectivity index (χ4n) is 2.32. The van der Waals surface area contributed by atoms with Gasteiger partial charge in [-0.05, 0) is 24.3 Å². The van der Waals surface area contributed by atoms with Crippen molar-refractivity contribution in [2.24, 2.45) is 0 Å². The second kappa shape index (κ2) is 5.19. The van der Waals surface area contributed by atoms with Gasteiger partial charge in [0.1, 0.15) is 12.1 Å². The van der Waals surface area contributed by atoms with Crippen molar-refractivity contribution in [1.29, 1.82) is 0 Å². The van der Waals surface area contributed by atoms with E-state index in [9.17, 15) is 4.39 Å². The van der Waals surface area contributed by atoms with Crippen LogP contribution in [-0.2, 0) is 0 Å². The number of hydrogen-bond donors (Lipinski definition) is 1. The lowest BCUT2D eigenvalue weighted by Gasteiger charge is -2.06. The maximum atomic E-state index is 13.2. The summed E-state index contributed by atoms with van der Waals surface area (Å²) in [5.74, 6) is 0.246. The van der Waals surface area contributed by atoms with E-state index in [2.05, 4.69) is 21.4 Å². The molecule has 22 heavy (non-hydrogen) atoms. The Labute approximate surface area is 134 Å². The standard InChI is InChI=1S/C16H9ClFN3S/c17-11-7-9(5-6-12(11)18)21-16-15-14(19-8-20-16)10-3-1-2-4-13(10)22-15/h1-8H,(H,19,20,21). The Kier molecular flexibility index (Phi) is 3.17. The number of thiophene rings is 1. The Hall–Kier alpha value is -2.24. The normalized spacial score (nSPS) is 11.2. The van der Waals surface area contributed by atoms with Crippen LogP contribution >= 0.6 is 22.9 Å². The monoisotopic (exact) mass is 329 g/mol. The molecular weight excluding hydrogens is 321 g/mol. The highest BCUT2D eigenvalue weighted by Gasteiger charge is 2.11. The highest BCUT2D eigenvalue weighted by Crippen LogP contribution is 2.36. The zero-order valence-electron chi connectivity index (χ0n) is 11.2. The van der Waals surface area contributed by atoms with Gasteiger partial charge in [0.05, 0.1) is 15.2 Å². The Bertz CT molecular complexity index is 999. The first-order valence-corrected chi connectivity index (χ1v) is 7.76. The molecule has 0 fully saturated rings. The number of hydrogen-bond acceptors (Lipinski definition) is 4. The SMILES string of the molecule is Fc1ccc(Nc2ncnc3c2sc2ccccc23)cc1Cl.